The van der Waals surface area contributed by atoms with Gasteiger partial charge in [0.1, 0.15) is 13.2 Å². The highest BCUT2D eigenvalue weighted by molar-refractivity contribution is 7.22. The van der Waals surface area contributed by atoms with Gasteiger partial charge < -0.3 is 14.8 Å². The average Bonchev–Trinajstić information content (AvgIpc) is 3.02. The van der Waals surface area contributed by atoms with Gasteiger partial charge in [-0.05, 0) is 29.8 Å². The molecule has 0 fully saturated rings. The van der Waals surface area contributed by atoms with Crippen molar-refractivity contribution in [3.05, 3.63) is 48.0 Å². The van der Waals surface area contributed by atoms with Gasteiger partial charge in [0.25, 0.3) is 0 Å². The van der Waals surface area contributed by atoms with Gasteiger partial charge in [-0.15, -0.1) is 0 Å². The van der Waals surface area contributed by atoms with Gasteiger partial charge in [-0.1, -0.05) is 29.5 Å². The number of ether oxygens (including phenoxy) is 2. The minimum absolute atomic E-state index is 0.288. The van der Waals surface area contributed by atoms with E-state index in [0.717, 1.165) is 21.5 Å². The van der Waals surface area contributed by atoms with E-state index in [1.54, 1.807) is 0 Å². The first kappa shape index (κ1) is 14.8. The number of thiazole rings is 1. The molecule has 0 saturated carbocycles. The number of nitrogens with one attached hydrogen (secondary N) is 2. The number of aromatic nitrogens is 1. The lowest BCUT2D eigenvalue weighted by Crippen LogP contribution is -2.28. The van der Waals surface area contributed by atoms with Gasteiger partial charge in [-0.2, -0.15) is 0 Å². The number of nitrogens with zero attached hydrogens (tertiary/aromatic N) is 1. The van der Waals surface area contributed by atoms with E-state index in [2.05, 4.69) is 15.6 Å². The number of carbonyl (C=O) groups is 1. The van der Waals surface area contributed by atoms with Crippen LogP contribution in [0.25, 0.3) is 10.2 Å². The molecule has 122 valence electrons. The Morgan fingerprint density at radius 2 is 1.96 bits per heavy atom. The number of anilines is 1. The van der Waals surface area contributed by atoms with Crippen molar-refractivity contribution in [2.24, 2.45) is 0 Å². The predicted octanol–water partition coefficient (Wildman–Crippen LogP) is 3.39. The fourth-order valence-corrected chi connectivity index (χ4v) is 3.31. The van der Waals surface area contributed by atoms with Gasteiger partial charge in [-0.3, -0.25) is 5.32 Å². The number of urea groups is 1. The number of carbonyl (C=O) groups excluding carboxylic acids is 1. The summed E-state index contributed by atoms with van der Waals surface area (Å²) in [6.45, 7) is 1.50. The van der Waals surface area contributed by atoms with Crippen molar-refractivity contribution in [1.82, 2.24) is 10.3 Å². The fourth-order valence-electron chi connectivity index (χ4n) is 2.45. The van der Waals surface area contributed by atoms with E-state index in [0.29, 0.717) is 30.6 Å². The molecule has 1 aromatic heterocycles. The summed E-state index contributed by atoms with van der Waals surface area (Å²) in [5.74, 6) is 1.45. The van der Waals surface area contributed by atoms with Crippen LogP contribution in [-0.4, -0.2) is 24.2 Å². The maximum absolute atomic E-state index is 12.0. The second-order valence-electron chi connectivity index (χ2n) is 5.27. The van der Waals surface area contributed by atoms with Crippen molar-refractivity contribution >= 4 is 32.7 Å². The Morgan fingerprint density at radius 3 is 2.83 bits per heavy atom. The SMILES string of the molecule is O=C(NCc1ccc2c(c1)OCCO2)Nc1nc2ccccc2s1. The van der Waals surface area contributed by atoms with Crippen LogP contribution in [0, 0.1) is 0 Å². The number of amides is 2. The molecule has 24 heavy (non-hydrogen) atoms. The van der Waals surface area contributed by atoms with Gasteiger partial charge in [-0.25, -0.2) is 9.78 Å². The Labute approximate surface area is 142 Å². The van der Waals surface area contributed by atoms with Crippen LogP contribution in [0.5, 0.6) is 11.5 Å². The molecule has 0 spiro atoms. The summed E-state index contributed by atoms with van der Waals surface area (Å²) in [7, 11) is 0. The minimum Gasteiger partial charge on any atom is -0.486 e. The Hall–Kier alpha value is -2.80. The van der Waals surface area contributed by atoms with Crippen LogP contribution in [0.3, 0.4) is 0 Å². The molecule has 0 bridgehead atoms. The standard InChI is InChI=1S/C17H15N3O3S/c21-16(20-17-19-12-3-1-2-4-15(12)24-17)18-10-11-5-6-13-14(9-11)23-8-7-22-13/h1-6,9H,7-8,10H2,(H2,18,19,20,21). The Bertz CT molecular complexity index is 861. The van der Waals surface area contributed by atoms with Gasteiger partial charge in [0.2, 0.25) is 0 Å². The number of para-hydroxylation sites is 1. The zero-order valence-electron chi connectivity index (χ0n) is 12.7. The van der Waals surface area contributed by atoms with E-state index in [1.807, 2.05) is 42.5 Å². The van der Waals surface area contributed by atoms with E-state index in [-0.39, 0.29) is 6.03 Å². The van der Waals surface area contributed by atoms with E-state index >= 15 is 0 Å². The summed E-state index contributed by atoms with van der Waals surface area (Å²) in [5, 5.41) is 6.16. The van der Waals surface area contributed by atoms with Crippen molar-refractivity contribution in [2.45, 2.75) is 6.54 Å². The van der Waals surface area contributed by atoms with Gasteiger partial charge in [0, 0.05) is 6.54 Å². The fraction of sp³-hybridized carbons (Fsp3) is 0.176. The molecule has 1 aliphatic heterocycles. The summed E-state index contributed by atoms with van der Waals surface area (Å²) in [6, 6.07) is 13.1. The lowest BCUT2D eigenvalue weighted by Gasteiger charge is -2.18. The van der Waals surface area contributed by atoms with Crippen LogP contribution in [0.1, 0.15) is 5.56 Å². The molecule has 7 heteroatoms. The van der Waals surface area contributed by atoms with Crippen molar-refractivity contribution in [1.29, 1.82) is 0 Å². The molecule has 0 radical (unpaired) electrons. The molecule has 4 rings (SSSR count). The molecule has 6 nitrogen and oxygen atoms in total. The molecule has 3 aromatic rings. The molecule has 0 unspecified atom stereocenters. The molecule has 0 atom stereocenters. The number of hydrogen-bond donors (Lipinski definition) is 2. The third-order valence-electron chi connectivity index (χ3n) is 3.57. The third kappa shape index (κ3) is 3.11. The number of benzene rings is 2. The molecular formula is C17H15N3O3S. The lowest BCUT2D eigenvalue weighted by molar-refractivity contribution is 0.171. The van der Waals surface area contributed by atoms with E-state index in [1.165, 1.54) is 11.3 Å². The van der Waals surface area contributed by atoms with Gasteiger partial charge in [0.05, 0.1) is 10.2 Å². The van der Waals surface area contributed by atoms with Crippen LogP contribution in [0.2, 0.25) is 0 Å². The first-order valence-electron chi connectivity index (χ1n) is 7.57. The topological polar surface area (TPSA) is 72.5 Å². The number of rotatable bonds is 3. The van der Waals surface area contributed by atoms with Crippen LogP contribution >= 0.6 is 11.3 Å². The third-order valence-corrected chi connectivity index (χ3v) is 4.53. The Morgan fingerprint density at radius 1 is 1.12 bits per heavy atom. The smallest absolute Gasteiger partial charge is 0.321 e. The second kappa shape index (κ2) is 6.37. The predicted molar refractivity (Wildman–Crippen MR) is 92.9 cm³/mol. The molecule has 2 N–H and O–H groups in total. The van der Waals surface area contributed by atoms with Gasteiger partial charge in [0.15, 0.2) is 16.6 Å². The maximum atomic E-state index is 12.0. The lowest BCUT2D eigenvalue weighted by atomic mass is 10.2. The maximum Gasteiger partial charge on any atom is 0.321 e. The van der Waals surface area contributed by atoms with Crippen molar-refractivity contribution in [2.75, 3.05) is 18.5 Å². The monoisotopic (exact) mass is 341 g/mol. The molecule has 1 aliphatic rings. The van der Waals surface area contributed by atoms with Gasteiger partial charge >= 0.3 is 6.03 Å². The first-order chi connectivity index (χ1) is 11.8. The van der Waals surface area contributed by atoms with Crippen molar-refractivity contribution in [3.63, 3.8) is 0 Å². The van der Waals surface area contributed by atoms with E-state index in [4.69, 9.17) is 9.47 Å². The second-order valence-corrected chi connectivity index (χ2v) is 6.30. The average molecular weight is 341 g/mol. The Kier molecular flexibility index (Phi) is 3.92. The molecular weight excluding hydrogens is 326 g/mol. The molecule has 2 aromatic carbocycles. The number of hydrogen-bond acceptors (Lipinski definition) is 5. The highest BCUT2D eigenvalue weighted by Crippen LogP contribution is 2.30. The van der Waals surface area contributed by atoms with E-state index < -0.39 is 0 Å². The van der Waals surface area contributed by atoms with Crippen LogP contribution in [-0.2, 0) is 6.54 Å². The summed E-state index contributed by atoms with van der Waals surface area (Å²) < 4.78 is 12.1. The van der Waals surface area contributed by atoms with E-state index in [9.17, 15) is 4.79 Å². The molecule has 2 heterocycles. The van der Waals surface area contributed by atoms with Crippen LogP contribution in [0.4, 0.5) is 9.93 Å². The Balaban J connectivity index is 1.37. The van der Waals surface area contributed by atoms with Crippen LogP contribution < -0.4 is 20.1 Å². The minimum atomic E-state index is -0.288. The normalized spacial score (nSPS) is 12.8. The highest BCUT2D eigenvalue weighted by Gasteiger charge is 2.12. The van der Waals surface area contributed by atoms with Crippen LogP contribution in [0.15, 0.2) is 42.5 Å². The van der Waals surface area contributed by atoms with Crippen molar-refractivity contribution in [3.8, 4) is 11.5 Å². The number of fused-ring (bicyclic) bond motifs is 2. The molecule has 2 amide bonds. The van der Waals surface area contributed by atoms with Crippen molar-refractivity contribution < 1.29 is 14.3 Å². The quantitative estimate of drug-likeness (QED) is 0.766. The summed E-state index contributed by atoms with van der Waals surface area (Å²) in [4.78, 5) is 16.4. The highest BCUT2D eigenvalue weighted by atomic mass is 32.1. The summed E-state index contributed by atoms with van der Waals surface area (Å²) >= 11 is 1.45. The first-order valence-corrected chi connectivity index (χ1v) is 8.38. The molecule has 0 saturated heterocycles. The summed E-state index contributed by atoms with van der Waals surface area (Å²) in [6.07, 6.45) is 0. The summed E-state index contributed by atoms with van der Waals surface area (Å²) in [5.41, 5.74) is 1.82. The zero-order valence-corrected chi connectivity index (χ0v) is 13.6. The molecule has 0 aliphatic carbocycles. The zero-order chi connectivity index (χ0) is 16.4. The largest absolute Gasteiger partial charge is 0.486 e.